The summed E-state index contributed by atoms with van der Waals surface area (Å²) in [5, 5.41) is 2.89. The number of ether oxygens (including phenoxy) is 1. The standard InChI is InChI=1S/C13H12FN3O2/c1-8-3-4-9(5-10(8)14)17-12-7-15-11(6-16-12)13(18)19-2/h3-7H,1-2H3,(H,16,17). The molecule has 0 aliphatic heterocycles. The minimum Gasteiger partial charge on any atom is -0.464 e. The minimum absolute atomic E-state index is 0.114. The number of benzene rings is 1. The maximum atomic E-state index is 13.4. The summed E-state index contributed by atoms with van der Waals surface area (Å²) < 4.78 is 17.9. The summed E-state index contributed by atoms with van der Waals surface area (Å²) in [5.74, 6) is -0.444. The number of carbonyl (C=O) groups excluding carboxylic acids is 1. The van der Waals surface area contributed by atoms with Crippen LogP contribution in [-0.4, -0.2) is 23.0 Å². The molecule has 0 amide bonds. The van der Waals surface area contributed by atoms with Gasteiger partial charge in [0.2, 0.25) is 0 Å². The van der Waals surface area contributed by atoms with Gasteiger partial charge in [0.1, 0.15) is 11.6 Å². The number of carbonyl (C=O) groups is 1. The zero-order chi connectivity index (χ0) is 13.8. The van der Waals surface area contributed by atoms with E-state index in [4.69, 9.17) is 0 Å². The molecule has 0 bridgehead atoms. The highest BCUT2D eigenvalue weighted by atomic mass is 19.1. The van der Waals surface area contributed by atoms with Gasteiger partial charge < -0.3 is 10.1 Å². The Hall–Kier alpha value is -2.50. The fourth-order valence-electron chi connectivity index (χ4n) is 1.42. The summed E-state index contributed by atoms with van der Waals surface area (Å²) in [6.07, 6.45) is 2.67. The quantitative estimate of drug-likeness (QED) is 0.860. The fraction of sp³-hybridized carbons (Fsp3) is 0.154. The molecule has 0 fully saturated rings. The van der Waals surface area contributed by atoms with Gasteiger partial charge in [0.25, 0.3) is 0 Å². The second kappa shape index (κ2) is 5.43. The first-order chi connectivity index (χ1) is 9.10. The van der Waals surface area contributed by atoms with Gasteiger partial charge in [0.15, 0.2) is 5.69 Å². The molecule has 1 aromatic heterocycles. The number of rotatable bonds is 3. The van der Waals surface area contributed by atoms with E-state index < -0.39 is 5.97 Å². The van der Waals surface area contributed by atoms with Crippen molar-refractivity contribution in [3.8, 4) is 0 Å². The third kappa shape index (κ3) is 3.04. The molecule has 0 unspecified atom stereocenters. The van der Waals surface area contributed by atoms with E-state index in [1.54, 1.807) is 19.1 Å². The van der Waals surface area contributed by atoms with E-state index >= 15 is 0 Å². The van der Waals surface area contributed by atoms with Crippen LogP contribution in [0.5, 0.6) is 0 Å². The average Bonchev–Trinajstić information content (AvgIpc) is 2.43. The molecule has 1 aromatic carbocycles. The van der Waals surface area contributed by atoms with E-state index in [0.29, 0.717) is 17.1 Å². The van der Waals surface area contributed by atoms with Crippen molar-refractivity contribution in [1.29, 1.82) is 0 Å². The van der Waals surface area contributed by atoms with Gasteiger partial charge >= 0.3 is 5.97 Å². The van der Waals surface area contributed by atoms with Crippen molar-refractivity contribution in [3.05, 3.63) is 47.7 Å². The lowest BCUT2D eigenvalue weighted by Crippen LogP contribution is -2.05. The molecule has 19 heavy (non-hydrogen) atoms. The monoisotopic (exact) mass is 261 g/mol. The third-order valence-corrected chi connectivity index (χ3v) is 2.49. The van der Waals surface area contributed by atoms with Crippen LogP contribution in [0.25, 0.3) is 0 Å². The lowest BCUT2D eigenvalue weighted by atomic mass is 10.2. The van der Waals surface area contributed by atoms with Crippen molar-refractivity contribution >= 4 is 17.5 Å². The van der Waals surface area contributed by atoms with E-state index in [9.17, 15) is 9.18 Å². The molecule has 0 atom stereocenters. The molecule has 0 saturated heterocycles. The highest BCUT2D eigenvalue weighted by Crippen LogP contribution is 2.17. The highest BCUT2D eigenvalue weighted by Gasteiger charge is 2.07. The number of methoxy groups -OCH3 is 1. The summed E-state index contributed by atoms with van der Waals surface area (Å²) in [7, 11) is 1.27. The van der Waals surface area contributed by atoms with Crippen molar-refractivity contribution < 1.29 is 13.9 Å². The molecule has 6 heteroatoms. The molecule has 1 N–H and O–H groups in total. The number of nitrogens with zero attached hydrogens (tertiary/aromatic N) is 2. The molecule has 5 nitrogen and oxygen atoms in total. The van der Waals surface area contributed by atoms with Crippen molar-refractivity contribution in [3.63, 3.8) is 0 Å². The van der Waals surface area contributed by atoms with Crippen LogP contribution in [0.2, 0.25) is 0 Å². The Labute approximate surface area is 109 Å². The lowest BCUT2D eigenvalue weighted by Gasteiger charge is -2.06. The Morgan fingerprint density at radius 2 is 2.11 bits per heavy atom. The predicted octanol–water partition coefficient (Wildman–Crippen LogP) is 2.45. The second-order valence-corrected chi connectivity index (χ2v) is 3.87. The highest BCUT2D eigenvalue weighted by molar-refractivity contribution is 5.86. The van der Waals surface area contributed by atoms with E-state index in [2.05, 4.69) is 20.0 Å². The number of anilines is 2. The maximum Gasteiger partial charge on any atom is 0.358 e. The van der Waals surface area contributed by atoms with Crippen LogP contribution in [0.15, 0.2) is 30.6 Å². The summed E-state index contributed by atoms with van der Waals surface area (Å²) in [6.45, 7) is 1.68. The van der Waals surface area contributed by atoms with Gasteiger partial charge in [-0.1, -0.05) is 6.07 Å². The maximum absolute atomic E-state index is 13.4. The zero-order valence-corrected chi connectivity index (χ0v) is 10.5. The molecule has 2 rings (SSSR count). The largest absolute Gasteiger partial charge is 0.464 e. The lowest BCUT2D eigenvalue weighted by molar-refractivity contribution is 0.0593. The molecule has 0 radical (unpaired) electrons. The fourth-order valence-corrected chi connectivity index (χ4v) is 1.42. The molecule has 0 aliphatic rings. The first-order valence-electron chi connectivity index (χ1n) is 5.53. The predicted molar refractivity (Wildman–Crippen MR) is 67.8 cm³/mol. The Bertz CT molecular complexity index is 599. The number of hydrogen-bond acceptors (Lipinski definition) is 5. The molecular formula is C13H12FN3O2. The zero-order valence-electron chi connectivity index (χ0n) is 10.5. The number of nitrogens with one attached hydrogen (secondary N) is 1. The van der Waals surface area contributed by atoms with Gasteiger partial charge in [-0.25, -0.2) is 19.2 Å². The number of aryl methyl sites for hydroxylation is 1. The number of esters is 1. The average molecular weight is 261 g/mol. The topological polar surface area (TPSA) is 64.1 Å². The van der Waals surface area contributed by atoms with Crippen LogP contribution in [-0.2, 0) is 4.74 Å². The number of halogens is 1. The second-order valence-electron chi connectivity index (χ2n) is 3.87. The molecule has 0 aliphatic carbocycles. The first-order valence-corrected chi connectivity index (χ1v) is 5.53. The Morgan fingerprint density at radius 1 is 1.32 bits per heavy atom. The van der Waals surface area contributed by atoms with Gasteiger partial charge in [-0.05, 0) is 24.6 Å². The van der Waals surface area contributed by atoms with Crippen molar-refractivity contribution in [2.45, 2.75) is 6.92 Å². The molecule has 0 spiro atoms. The third-order valence-electron chi connectivity index (χ3n) is 2.49. The smallest absolute Gasteiger partial charge is 0.358 e. The van der Waals surface area contributed by atoms with E-state index in [-0.39, 0.29) is 11.5 Å². The molecule has 98 valence electrons. The van der Waals surface area contributed by atoms with E-state index in [0.717, 1.165) is 0 Å². The van der Waals surface area contributed by atoms with E-state index in [1.165, 1.54) is 25.6 Å². The Balaban J connectivity index is 2.15. The molecule has 0 saturated carbocycles. The SMILES string of the molecule is COC(=O)c1cnc(Nc2ccc(C)c(F)c2)cn1. The normalized spacial score (nSPS) is 10.1. The van der Waals surface area contributed by atoms with Crippen LogP contribution in [0.1, 0.15) is 16.1 Å². The van der Waals surface area contributed by atoms with Crippen molar-refractivity contribution in [1.82, 2.24) is 9.97 Å². The van der Waals surface area contributed by atoms with Crippen LogP contribution >= 0.6 is 0 Å². The molecular weight excluding hydrogens is 249 g/mol. The van der Waals surface area contributed by atoms with Gasteiger partial charge in [0, 0.05) is 5.69 Å². The van der Waals surface area contributed by atoms with Gasteiger partial charge in [-0.3, -0.25) is 0 Å². The first kappa shape index (κ1) is 12.9. The van der Waals surface area contributed by atoms with Crippen LogP contribution < -0.4 is 5.32 Å². The minimum atomic E-state index is -0.555. The van der Waals surface area contributed by atoms with Gasteiger partial charge in [0.05, 0.1) is 19.5 Å². The summed E-state index contributed by atoms with van der Waals surface area (Å²) in [6, 6.07) is 4.76. The number of hydrogen-bond donors (Lipinski definition) is 1. The van der Waals surface area contributed by atoms with Crippen molar-refractivity contribution in [2.75, 3.05) is 12.4 Å². The molecule has 1 heterocycles. The Kier molecular flexibility index (Phi) is 3.70. The van der Waals surface area contributed by atoms with Crippen LogP contribution in [0, 0.1) is 12.7 Å². The van der Waals surface area contributed by atoms with E-state index in [1.807, 2.05) is 0 Å². The Morgan fingerprint density at radius 3 is 2.68 bits per heavy atom. The molecule has 2 aromatic rings. The van der Waals surface area contributed by atoms with Gasteiger partial charge in [-0.15, -0.1) is 0 Å². The van der Waals surface area contributed by atoms with Crippen LogP contribution in [0.3, 0.4) is 0 Å². The number of aromatic nitrogens is 2. The summed E-state index contributed by atoms with van der Waals surface area (Å²) in [4.78, 5) is 19.1. The summed E-state index contributed by atoms with van der Waals surface area (Å²) >= 11 is 0. The van der Waals surface area contributed by atoms with Crippen LogP contribution in [0.4, 0.5) is 15.9 Å². The summed E-state index contributed by atoms with van der Waals surface area (Å²) in [5.41, 5.74) is 1.24. The van der Waals surface area contributed by atoms with Gasteiger partial charge in [-0.2, -0.15) is 0 Å². The van der Waals surface area contributed by atoms with Crippen molar-refractivity contribution in [2.24, 2.45) is 0 Å².